The van der Waals surface area contributed by atoms with E-state index in [1.54, 1.807) is 6.92 Å². The highest BCUT2D eigenvalue weighted by atomic mass is 16.2. The quantitative estimate of drug-likeness (QED) is 0.864. The van der Waals surface area contributed by atoms with Gasteiger partial charge in [-0.1, -0.05) is 24.6 Å². The molecule has 1 saturated carbocycles. The van der Waals surface area contributed by atoms with Crippen LogP contribution in [0.25, 0.3) is 0 Å². The van der Waals surface area contributed by atoms with E-state index in [1.165, 1.54) is 19.3 Å². The van der Waals surface area contributed by atoms with E-state index in [-0.39, 0.29) is 5.91 Å². The summed E-state index contributed by atoms with van der Waals surface area (Å²) in [5.74, 6) is 0.668. The maximum atomic E-state index is 12.1. The molecule has 1 amide bonds. The fourth-order valence-corrected chi connectivity index (χ4v) is 2.11. The molecule has 3 nitrogen and oxygen atoms in total. The molecule has 92 valence electrons. The normalized spacial score (nSPS) is 17.3. The van der Waals surface area contributed by atoms with Crippen LogP contribution in [-0.4, -0.2) is 18.5 Å². The van der Waals surface area contributed by atoms with Crippen molar-refractivity contribution in [1.82, 2.24) is 0 Å². The summed E-state index contributed by atoms with van der Waals surface area (Å²) in [7, 11) is 0. The predicted octanol–water partition coefficient (Wildman–Crippen LogP) is 2.17. The molecule has 0 spiro atoms. The van der Waals surface area contributed by atoms with Gasteiger partial charge in [-0.3, -0.25) is 4.79 Å². The lowest BCUT2D eigenvalue weighted by Crippen LogP contribution is -2.45. The number of para-hydroxylation sites is 1. The van der Waals surface area contributed by atoms with Gasteiger partial charge in [-0.2, -0.15) is 0 Å². The topological polar surface area (TPSA) is 46.3 Å². The Morgan fingerprint density at radius 1 is 1.41 bits per heavy atom. The number of rotatable bonds is 4. The van der Waals surface area contributed by atoms with Gasteiger partial charge in [-0.15, -0.1) is 0 Å². The Kier molecular flexibility index (Phi) is 3.79. The van der Waals surface area contributed by atoms with Crippen LogP contribution in [0, 0.1) is 5.92 Å². The van der Waals surface area contributed by atoms with Gasteiger partial charge in [-0.25, -0.2) is 0 Å². The van der Waals surface area contributed by atoms with Crippen LogP contribution in [0.15, 0.2) is 30.3 Å². The van der Waals surface area contributed by atoms with Crippen LogP contribution in [0.3, 0.4) is 0 Å². The van der Waals surface area contributed by atoms with E-state index in [2.05, 4.69) is 0 Å². The summed E-state index contributed by atoms with van der Waals surface area (Å²) < 4.78 is 0. The molecule has 1 aliphatic rings. The van der Waals surface area contributed by atoms with E-state index in [4.69, 9.17) is 5.73 Å². The van der Waals surface area contributed by atoms with Gasteiger partial charge in [0.2, 0.25) is 5.91 Å². The Hall–Kier alpha value is -1.35. The van der Waals surface area contributed by atoms with Crippen molar-refractivity contribution < 1.29 is 4.79 Å². The predicted molar refractivity (Wildman–Crippen MR) is 69.8 cm³/mol. The van der Waals surface area contributed by atoms with Crippen LogP contribution >= 0.6 is 0 Å². The zero-order valence-corrected chi connectivity index (χ0v) is 10.3. The Morgan fingerprint density at radius 3 is 2.53 bits per heavy atom. The number of carbonyl (C=O) groups is 1. The number of carbonyl (C=O) groups excluding carboxylic acids is 1. The number of hydrogen-bond acceptors (Lipinski definition) is 2. The molecular formula is C14H20N2O. The molecule has 0 radical (unpaired) electrons. The Bertz CT molecular complexity index is 371. The maximum Gasteiger partial charge on any atom is 0.243 e. The Labute approximate surface area is 103 Å². The summed E-state index contributed by atoms with van der Waals surface area (Å²) in [6, 6.07) is 9.38. The highest BCUT2D eigenvalue weighted by molar-refractivity contribution is 5.96. The minimum absolute atomic E-state index is 0.0168. The first-order valence-electron chi connectivity index (χ1n) is 6.30. The van der Waals surface area contributed by atoms with E-state index >= 15 is 0 Å². The van der Waals surface area contributed by atoms with Crippen molar-refractivity contribution >= 4 is 11.6 Å². The van der Waals surface area contributed by atoms with E-state index < -0.39 is 6.04 Å². The summed E-state index contributed by atoms with van der Waals surface area (Å²) in [5.41, 5.74) is 6.68. The molecule has 0 aliphatic heterocycles. The first kappa shape index (κ1) is 12.1. The highest BCUT2D eigenvalue weighted by Gasteiger charge is 2.25. The van der Waals surface area contributed by atoms with E-state index in [9.17, 15) is 4.79 Å². The minimum Gasteiger partial charge on any atom is -0.320 e. The number of nitrogens with two attached hydrogens (primary N) is 1. The fourth-order valence-electron chi connectivity index (χ4n) is 2.11. The number of amides is 1. The van der Waals surface area contributed by atoms with Crippen LogP contribution in [0.1, 0.15) is 26.2 Å². The van der Waals surface area contributed by atoms with E-state index in [1.807, 2.05) is 35.2 Å². The maximum absolute atomic E-state index is 12.1. The van der Waals surface area contributed by atoms with Crippen molar-refractivity contribution in [3.63, 3.8) is 0 Å². The van der Waals surface area contributed by atoms with Crippen molar-refractivity contribution in [1.29, 1.82) is 0 Å². The summed E-state index contributed by atoms with van der Waals surface area (Å²) in [6.45, 7) is 2.56. The average Bonchev–Trinajstić information content (AvgIpc) is 2.28. The molecule has 0 heterocycles. The van der Waals surface area contributed by atoms with Crippen LogP contribution in [0.5, 0.6) is 0 Å². The zero-order chi connectivity index (χ0) is 12.3. The SMILES string of the molecule is C[C@H](N)C(=O)N(CC1CCC1)c1ccccc1. The minimum atomic E-state index is -0.435. The second kappa shape index (κ2) is 5.32. The van der Waals surface area contributed by atoms with Crippen LogP contribution in [-0.2, 0) is 4.79 Å². The third-order valence-corrected chi connectivity index (χ3v) is 3.39. The standard InChI is InChI=1S/C14H20N2O/c1-11(15)14(17)16(10-12-6-5-7-12)13-8-3-2-4-9-13/h2-4,8-9,11-12H,5-7,10,15H2,1H3/t11-/m0/s1. The molecule has 0 aromatic heterocycles. The van der Waals surface area contributed by atoms with Crippen molar-refractivity contribution in [3.8, 4) is 0 Å². The van der Waals surface area contributed by atoms with Gasteiger partial charge >= 0.3 is 0 Å². The lowest BCUT2D eigenvalue weighted by molar-refractivity contribution is -0.119. The van der Waals surface area contributed by atoms with Crippen molar-refractivity contribution in [2.24, 2.45) is 11.7 Å². The second-order valence-electron chi connectivity index (χ2n) is 4.87. The smallest absolute Gasteiger partial charge is 0.243 e. The molecular weight excluding hydrogens is 212 g/mol. The van der Waals surface area contributed by atoms with Gasteiger partial charge in [0, 0.05) is 12.2 Å². The van der Waals surface area contributed by atoms with Gasteiger partial charge in [0.1, 0.15) is 0 Å². The number of hydrogen-bond donors (Lipinski definition) is 1. The van der Waals surface area contributed by atoms with Gasteiger partial charge in [0.25, 0.3) is 0 Å². The van der Waals surface area contributed by atoms with Crippen molar-refractivity contribution in [2.75, 3.05) is 11.4 Å². The average molecular weight is 232 g/mol. The highest BCUT2D eigenvalue weighted by Crippen LogP contribution is 2.29. The molecule has 0 unspecified atom stereocenters. The molecule has 2 N–H and O–H groups in total. The molecule has 3 heteroatoms. The lowest BCUT2D eigenvalue weighted by atomic mass is 9.85. The molecule has 17 heavy (non-hydrogen) atoms. The third-order valence-electron chi connectivity index (χ3n) is 3.39. The number of benzene rings is 1. The molecule has 2 rings (SSSR count). The van der Waals surface area contributed by atoms with Crippen LogP contribution in [0.4, 0.5) is 5.69 Å². The number of nitrogens with zero attached hydrogens (tertiary/aromatic N) is 1. The monoisotopic (exact) mass is 232 g/mol. The Morgan fingerprint density at radius 2 is 2.06 bits per heavy atom. The summed E-state index contributed by atoms with van der Waals surface area (Å²) in [4.78, 5) is 14.0. The van der Waals surface area contributed by atoms with E-state index in [0.29, 0.717) is 5.92 Å². The third kappa shape index (κ3) is 2.86. The first-order chi connectivity index (χ1) is 8.18. The molecule has 0 bridgehead atoms. The fraction of sp³-hybridized carbons (Fsp3) is 0.500. The molecule has 1 aromatic rings. The van der Waals surface area contributed by atoms with Crippen LogP contribution in [0.2, 0.25) is 0 Å². The largest absolute Gasteiger partial charge is 0.320 e. The molecule has 1 aromatic carbocycles. The van der Waals surface area contributed by atoms with Gasteiger partial charge in [0.15, 0.2) is 0 Å². The molecule has 1 fully saturated rings. The summed E-state index contributed by atoms with van der Waals surface area (Å²) >= 11 is 0. The molecule has 1 atom stereocenters. The second-order valence-corrected chi connectivity index (χ2v) is 4.87. The number of anilines is 1. The van der Waals surface area contributed by atoms with Gasteiger partial charge < -0.3 is 10.6 Å². The first-order valence-corrected chi connectivity index (χ1v) is 6.30. The lowest BCUT2D eigenvalue weighted by Gasteiger charge is -2.33. The summed E-state index contributed by atoms with van der Waals surface area (Å²) in [6.07, 6.45) is 3.75. The van der Waals surface area contributed by atoms with Crippen molar-refractivity contribution in [2.45, 2.75) is 32.2 Å². The van der Waals surface area contributed by atoms with Crippen molar-refractivity contribution in [3.05, 3.63) is 30.3 Å². The van der Waals surface area contributed by atoms with Gasteiger partial charge in [-0.05, 0) is 37.8 Å². The molecule has 1 aliphatic carbocycles. The van der Waals surface area contributed by atoms with Gasteiger partial charge in [0.05, 0.1) is 6.04 Å². The molecule has 0 saturated heterocycles. The Balaban J connectivity index is 2.14. The zero-order valence-electron chi connectivity index (χ0n) is 10.3. The van der Waals surface area contributed by atoms with E-state index in [0.717, 1.165) is 12.2 Å². The summed E-state index contributed by atoms with van der Waals surface area (Å²) in [5, 5.41) is 0. The van der Waals surface area contributed by atoms with Crippen LogP contribution < -0.4 is 10.6 Å².